The number of aliphatic imine (C=N–C) groups is 1. The van der Waals surface area contributed by atoms with E-state index in [1.807, 2.05) is 13.8 Å². The van der Waals surface area contributed by atoms with Gasteiger partial charge in [0.05, 0.1) is 19.4 Å². The number of hydrogen-bond donors (Lipinski definition) is 2. The fraction of sp³-hybridized carbons (Fsp3) is 0.611. The lowest BCUT2D eigenvalue weighted by atomic mass is 10.1. The minimum atomic E-state index is -3.05. The Hall–Kier alpha value is -1.80. The molecule has 1 aliphatic rings. The molecule has 0 bridgehead atoms. The first-order valence-corrected chi connectivity index (χ1v) is 10.7. The van der Waals surface area contributed by atoms with Crippen molar-refractivity contribution in [3.05, 3.63) is 29.3 Å². The summed E-state index contributed by atoms with van der Waals surface area (Å²) in [6.07, 6.45) is 1.56. The van der Waals surface area contributed by atoms with Crippen LogP contribution < -0.4 is 15.4 Å². The molecule has 1 aromatic rings. The number of hydrogen-bond acceptors (Lipinski definition) is 4. The van der Waals surface area contributed by atoms with E-state index in [0.29, 0.717) is 32.0 Å². The zero-order chi connectivity index (χ0) is 19.0. The Morgan fingerprint density at radius 3 is 2.81 bits per heavy atom. The van der Waals surface area contributed by atoms with Crippen LogP contribution >= 0.6 is 0 Å². The van der Waals surface area contributed by atoms with E-state index in [0.717, 1.165) is 30.8 Å². The van der Waals surface area contributed by atoms with Crippen LogP contribution in [-0.2, 0) is 16.4 Å². The Kier molecular flexibility index (Phi) is 7.71. The molecule has 0 spiro atoms. The van der Waals surface area contributed by atoms with Crippen LogP contribution in [0, 0.1) is 6.92 Å². The van der Waals surface area contributed by atoms with Crippen LogP contribution in [0.2, 0.25) is 0 Å². The number of nitrogens with zero attached hydrogens (tertiary/aromatic N) is 2. The van der Waals surface area contributed by atoms with Gasteiger partial charge in [-0.2, -0.15) is 0 Å². The van der Waals surface area contributed by atoms with E-state index in [1.165, 1.54) is 9.87 Å². The van der Waals surface area contributed by atoms with E-state index < -0.39 is 10.0 Å². The van der Waals surface area contributed by atoms with Gasteiger partial charge in [-0.1, -0.05) is 12.1 Å². The second-order valence-corrected chi connectivity index (χ2v) is 8.40. The van der Waals surface area contributed by atoms with Crippen LogP contribution in [0.5, 0.6) is 5.75 Å². The van der Waals surface area contributed by atoms with Crippen LogP contribution in [0.25, 0.3) is 0 Å². The van der Waals surface area contributed by atoms with Crippen LogP contribution in [-0.4, -0.2) is 64.3 Å². The number of methoxy groups -OCH3 is 1. The standard InChI is InChI=1S/C18H30N4O3S/c1-4-19-18(21-10-12-22-11-5-13-26(22,23)24)20-9-8-16-7-6-15(2)17(14-16)25-3/h6-7,14H,4-5,8-13H2,1-3H3,(H2,19,20,21). The number of guanidine groups is 1. The first-order chi connectivity index (χ1) is 12.5. The Balaban J connectivity index is 1.83. The summed E-state index contributed by atoms with van der Waals surface area (Å²) in [5.74, 6) is 1.87. The Morgan fingerprint density at radius 2 is 2.15 bits per heavy atom. The Labute approximate surface area is 156 Å². The first-order valence-electron chi connectivity index (χ1n) is 9.10. The molecule has 0 atom stereocenters. The second kappa shape index (κ2) is 9.78. The summed E-state index contributed by atoms with van der Waals surface area (Å²) < 4.78 is 30.5. The van der Waals surface area contributed by atoms with Gasteiger partial charge in [-0.05, 0) is 43.9 Å². The van der Waals surface area contributed by atoms with E-state index in [-0.39, 0.29) is 5.75 Å². The maximum Gasteiger partial charge on any atom is 0.214 e. The molecule has 0 saturated carbocycles. The molecule has 26 heavy (non-hydrogen) atoms. The van der Waals surface area contributed by atoms with Crippen molar-refractivity contribution >= 4 is 16.0 Å². The van der Waals surface area contributed by atoms with Crippen LogP contribution in [0.15, 0.2) is 23.2 Å². The number of ether oxygens (including phenoxy) is 1. The minimum absolute atomic E-state index is 0.259. The molecule has 2 rings (SSSR count). The SMILES string of the molecule is CCNC(=NCCN1CCCS1(=O)=O)NCCc1ccc(C)c(OC)c1. The molecule has 0 amide bonds. The lowest BCUT2D eigenvalue weighted by Gasteiger charge is -2.14. The molecule has 1 fully saturated rings. The highest BCUT2D eigenvalue weighted by Gasteiger charge is 2.27. The van der Waals surface area contributed by atoms with Crippen molar-refractivity contribution in [2.24, 2.45) is 4.99 Å². The highest BCUT2D eigenvalue weighted by atomic mass is 32.2. The zero-order valence-electron chi connectivity index (χ0n) is 15.9. The minimum Gasteiger partial charge on any atom is -0.496 e. The third-order valence-corrected chi connectivity index (χ3v) is 6.30. The first kappa shape index (κ1) is 20.5. The summed E-state index contributed by atoms with van der Waals surface area (Å²) in [5.41, 5.74) is 2.31. The molecule has 1 aromatic carbocycles. The molecule has 1 aliphatic heterocycles. The van der Waals surface area contributed by atoms with Gasteiger partial charge in [0, 0.05) is 26.2 Å². The van der Waals surface area contributed by atoms with Crippen molar-refractivity contribution in [2.45, 2.75) is 26.7 Å². The normalized spacial score (nSPS) is 17.3. The van der Waals surface area contributed by atoms with Crippen molar-refractivity contribution in [1.82, 2.24) is 14.9 Å². The van der Waals surface area contributed by atoms with Gasteiger partial charge in [0.25, 0.3) is 0 Å². The highest BCUT2D eigenvalue weighted by Crippen LogP contribution is 2.19. The Morgan fingerprint density at radius 1 is 1.35 bits per heavy atom. The summed E-state index contributed by atoms with van der Waals surface area (Å²) in [7, 11) is -1.37. The van der Waals surface area contributed by atoms with Crippen molar-refractivity contribution < 1.29 is 13.2 Å². The van der Waals surface area contributed by atoms with Gasteiger partial charge in [0.1, 0.15) is 5.75 Å². The lowest BCUT2D eigenvalue weighted by Crippen LogP contribution is -2.39. The third kappa shape index (κ3) is 5.88. The quantitative estimate of drug-likeness (QED) is 0.520. The molecular weight excluding hydrogens is 352 g/mol. The van der Waals surface area contributed by atoms with Crippen molar-refractivity contribution in [1.29, 1.82) is 0 Å². The van der Waals surface area contributed by atoms with Crippen LogP contribution in [0.4, 0.5) is 0 Å². The molecule has 8 heteroatoms. The summed E-state index contributed by atoms with van der Waals surface area (Å²) in [6, 6.07) is 6.21. The molecule has 146 valence electrons. The zero-order valence-corrected chi connectivity index (χ0v) is 16.7. The van der Waals surface area contributed by atoms with E-state index >= 15 is 0 Å². The molecular formula is C18H30N4O3S. The van der Waals surface area contributed by atoms with Crippen molar-refractivity contribution in [3.63, 3.8) is 0 Å². The predicted octanol–water partition coefficient (Wildman–Crippen LogP) is 1.14. The van der Waals surface area contributed by atoms with E-state index in [9.17, 15) is 8.42 Å². The summed E-state index contributed by atoms with van der Waals surface area (Å²) in [4.78, 5) is 4.49. The number of sulfonamides is 1. The molecule has 1 saturated heterocycles. The maximum absolute atomic E-state index is 11.8. The van der Waals surface area contributed by atoms with Crippen LogP contribution in [0.3, 0.4) is 0 Å². The maximum atomic E-state index is 11.8. The van der Waals surface area contributed by atoms with E-state index in [1.54, 1.807) is 7.11 Å². The molecule has 1 heterocycles. The average molecular weight is 383 g/mol. The number of nitrogens with one attached hydrogen (secondary N) is 2. The van der Waals surface area contributed by atoms with Crippen molar-refractivity contribution in [3.8, 4) is 5.75 Å². The largest absolute Gasteiger partial charge is 0.496 e. The molecule has 2 N–H and O–H groups in total. The highest BCUT2D eigenvalue weighted by molar-refractivity contribution is 7.89. The predicted molar refractivity (Wildman–Crippen MR) is 105 cm³/mol. The van der Waals surface area contributed by atoms with Gasteiger partial charge in [0.15, 0.2) is 5.96 Å². The summed E-state index contributed by atoms with van der Waals surface area (Å²) in [6.45, 7) is 7.02. The lowest BCUT2D eigenvalue weighted by molar-refractivity contribution is 0.411. The smallest absolute Gasteiger partial charge is 0.214 e. The van der Waals surface area contributed by atoms with Crippen molar-refractivity contribution in [2.75, 3.05) is 45.6 Å². The second-order valence-electron chi connectivity index (χ2n) is 6.31. The number of benzene rings is 1. The van der Waals surface area contributed by atoms with Gasteiger partial charge in [-0.15, -0.1) is 0 Å². The van der Waals surface area contributed by atoms with Gasteiger partial charge >= 0.3 is 0 Å². The monoisotopic (exact) mass is 382 g/mol. The number of aryl methyl sites for hydroxylation is 1. The summed E-state index contributed by atoms with van der Waals surface area (Å²) in [5, 5.41) is 6.49. The molecule has 0 aromatic heterocycles. The Bertz CT molecular complexity index is 719. The van der Waals surface area contributed by atoms with Gasteiger partial charge < -0.3 is 15.4 Å². The molecule has 0 aliphatic carbocycles. The van der Waals surface area contributed by atoms with Gasteiger partial charge in [-0.25, -0.2) is 12.7 Å². The average Bonchev–Trinajstić information content (AvgIpc) is 2.95. The van der Waals surface area contributed by atoms with E-state index in [2.05, 4.69) is 33.8 Å². The fourth-order valence-corrected chi connectivity index (χ4v) is 4.42. The topological polar surface area (TPSA) is 83.0 Å². The van der Waals surface area contributed by atoms with Crippen LogP contribution in [0.1, 0.15) is 24.5 Å². The van der Waals surface area contributed by atoms with Gasteiger partial charge in [-0.3, -0.25) is 4.99 Å². The fourth-order valence-electron chi connectivity index (χ4n) is 2.90. The summed E-state index contributed by atoms with van der Waals surface area (Å²) >= 11 is 0. The van der Waals surface area contributed by atoms with Gasteiger partial charge in [0.2, 0.25) is 10.0 Å². The molecule has 7 nitrogen and oxygen atoms in total. The molecule has 0 unspecified atom stereocenters. The number of rotatable bonds is 8. The van der Waals surface area contributed by atoms with E-state index in [4.69, 9.17) is 4.74 Å². The third-order valence-electron chi connectivity index (χ3n) is 4.35. The molecule has 0 radical (unpaired) electrons.